The van der Waals surface area contributed by atoms with Crippen LogP contribution < -0.4 is 0 Å². The van der Waals surface area contributed by atoms with Crippen LogP contribution in [0.5, 0.6) is 0 Å². The second kappa shape index (κ2) is 6.81. The summed E-state index contributed by atoms with van der Waals surface area (Å²) >= 11 is 9.19. The summed E-state index contributed by atoms with van der Waals surface area (Å²) in [5.74, 6) is 0. The largest absolute Gasteiger partial charge is 0.527 e. The first kappa shape index (κ1) is 11.1. The summed E-state index contributed by atoms with van der Waals surface area (Å²) in [6.07, 6.45) is -2.17. The van der Waals surface area contributed by atoms with Crippen LogP contribution in [0.15, 0.2) is 0 Å². The smallest absolute Gasteiger partial charge is 0.430 e. The van der Waals surface area contributed by atoms with Crippen molar-refractivity contribution < 1.29 is 27.6 Å². The molecule has 0 aliphatic rings. The molecule has 0 aliphatic carbocycles. The predicted octanol–water partition coefficient (Wildman–Crippen LogP) is 1.60. The number of hydrogen-bond acceptors (Lipinski definition) is 6. The summed E-state index contributed by atoms with van der Waals surface area (Å²) in [5, 5.41) is 0. The quantitative estimate of drug-likeness (QED) is 0.530. The van der Waals surface area contributed by atoms with E-state index in [1.54, 1.807) is 0 Å². The Bertz CT molecular complexity index is 142. The lowest BCUT2D eigenvalue weighted by atomic mass is 10.8. The van der Waals surface area contributed by atoms with Crippen LogP contribution in [0.1, 0.15) is 0 Å². The van der Waals surface area contributed by atoms with Crippen molar-refractivity contribution in [1.29, 1.82) is 0 Å². The molecule has 0 aromatic rings. The Morgan fingerprint density at radius 2 is 1.25 bits per heavy atom. The third-order valence-electron chi connectivity index (χ3n) is 0.649. The molecule has 70 valence electrons. The molecule has 0 rings (SSSR count). The highest BCUT2D eigenvalue weighted by Crippen LogP contribution is 1.91. The summed E-state index contributed by atoms with van der Waals surface area (Å²) in [4.78, 5) is 20.3. The molecule has 0 N–H and O–H groups in total. The maximum atomic E-state index is 10.2. The van der Waals surface area contributed by atoms with Gasteiger partial charge in [0.25, 0.3) is 0 Å². The topological polar surface area (TPSA) is 71.1 Å². The number of halogens is 2. The molecule has 0 radical (unpaired) electrons. The van der Waals surface area contributed by atoms with E-state index in [9.17, 15) is 9.59 Å². The van der Waals surface area contributed by atoms with Crippen molar-refractivity contribution in [3.8, 4) is 0 Å². The van der Waals surface area contributed by atoms with Crippen LogP contribution in [-0.2, 0) is 18.1 Å². The zero-order chi connectivity index (χ0) is 9.40. The van der Waals surface area contributed by atoms with E-state index in [1.165, 1.54) is 0 Å². The van der Waals surface area contributed by atoms with E-state index in [1.807, 2.05) is 0 Å². The minimum atomic E-state index is -1.08. The number of hydrogen-bond donors (Lipinski definition) is 0. The van der Waals surface area contributed by atoms with Crippen LogP contribution in [-0.4, -0.2) is 25.5 Å². The molecular weight excluding hydrogens is 215 g/mol. The highest BCUT2D eigenvalue weighted by molar-refractivity contribution is 6.12. The molecular formula is C4H4Cl2O6. The summed E-state index contributed by atoms with van der Waals surface area (Å²) in [5.41, 5.74) is 0. The van der Waals surface area contributed by atoms with Gasteiger partial charge in [0.1, 0.15) is 36.9 Å². The van der Waals surface area contributed by atoms with Crippen LogP contribution in [0.3, 0.4) is 0 Å². The Labute approximate surface area is 77.6 Å². The Kier molecular flexibility index (Phi) is 6.31. The summed E-state index contributed by atoms with van der Waals surface area (Å²) in [6.45, 7) is -0.394. The Morgan fingerprint density at radius 1 is 0.917 bits per heavy atom. The molecule has 0 saturated heterocycles. The maximum absolute atomic E-state index is 10.2. The van der Waals surface area contributed by atoms with Crippen LogP contribution in [0.25, 0.3) is 0 Å². The lowest BCUT2D eigenvalue weighted by Gasteiger charge is -2.00. The first-order valence-corrected chi connectivity index (χ1v) is 3.23. The fraction of sp³-hybridized carbons (Fsp3) is 0.500. The summed E-state index contributed by atoms with van der Waals surface area (Å²) in [7, 11) is 0. The van der Waals surface area contributed by atoms with Gasteiger partial charge in [0.15, 0.2) is 0 Å². The zero-order valence-electron chi connectivity index (χ0n) is 5.62. The molecule has 0 aromatic carbocycles. The fourth-order valence-electron chi connectivity index (χ4n) is 0.295. The molecule has 0 unspecified atom stereocenters. The van der Waals surface area contributed by atoms with E-state index < -0.39 is 12.3 Å². The van der Waals surface area contributed by atoms with Crippen molar-refractivity contribution in [3.63, 3.8) is 0 Å². The number of rotatable bonds is 3. The van der Waals surface area contributed by atoms with Gasteiger partial charge in [0.2, 0.25) is 0 Å². The molecule has 0 amide bonds. The second-order valence-corrected chi connectivity index (χ2v) is 1.66. The van der Waals surface area contributed by atoms with Gasteiger partial charge in [-0.1, -0.05) is 0 Å². The fourth-order valence-corrected chi connectivity index (χ4v) is 0.384. The van der Waals surface area contributed by atoms with Gasteiger partial charge in [-0.3, -0.25) is 0 Å². The Morgan fingerprint density at radius 3 is 1.50 bits per heavy atom. The molecule has 0 atom stereocenters. The molecule has 0 fully saturated rings. The first-order valence-electron chi connectivity index (χ1n) is 2.61. The van der Waals surface area contributed by atoms with Gasteiger partial charge in [0, 0.05) is 0 Å². The normalized spacial score (nSPS) is 8.50. The Balaban J connectivity index is 3.21. The average molecular weight is 219 g/mol. The summed E-state index contributed by atoms with van der Waals surface area (Å²) < 4.78 is 15.6. The van der Waals surface area contributed by atoms with E-state index >= 15 is 0 Å². The molecule has 0 aromatic heterocycles. The molecule has 0 heterocycles. The molecule has 0 aliphatic heterocycles. The molecule has 0 spiro atoms. The third kappa shape index (κ3) is 5.87. The molecule has 0 bridgehead atoms. The lowest BCUT2D eigenvalue weighted by molar-refractivity contribution is 0.0570. The van der Waals surface area contributed by atoms with Crippen LogP contribution in [0, 0.1) is 0 Å². The molecule has 0 saturated carbocycles. The summed E-state index contributed by atoms with van der Waals surface area (Å²) in [6, 6.07) is 0. The number of carbonyl (C=O) groups excluding carboxylic acids is 2. The standard InChI is InChI=1S/C4H4Cl2O6/c5-11-3(7)9-1-2-10-4(8)12-6/h1-2H2. The minimum absolute atomic E-state index is 0.197. The van der Waals surface area contributed by atoms with Crippen molar-refractivity contribution >= 4 is 36.0 Å². The van der Waals surface area contributed by atoms with Gasteiger partial charge in [-0.15, -0.1) is 0 Å². The monoisotopic (exact) mass is 218 g/mol. The van der Waals surface area contributed by atoms with Gasteiger partial charge in [-0.05, 0) is 0 Å². The third-order valence-corrected chi connectivity index (χ3v) is 0.901. The van der Waals surface area contributed by atoms with Crippen molar-refractivity contribution in [2.24, 2.45) is 0 Å². The number of ether oxygens (including phenoxy) is 2. The number of carbonyl (C=O) groups is 2. The zero-order valence-corrected chi connectivity index (χ0v) is 7.13. The van der Waals surface area contributed by atoms with Gasteiger partial charge in [-0.2, -0.15) is 0 Å². The Hall–Kier alpha value is -0.880. The van der Waals surface area contributed by atoms with Crippen LogP contribution in [0.2, 0.25) is 0 Å². The average Bonchev–Trinajstić information content (AvgIpc) is 2.11. The van der Waals surface area contributed by atoms with Crippen LogP contribution >= 0.6 is 23.7 Å². The molecule has 12 heavy (non-hydrogen) atoms. The van der Waals surface area contributed by atoms with Crippen molar-refractivity contribution in [1.82, 2.24) is 0 Å². The van der Waals surface area contributed by atoms with E-state index in [-0.39, 0.29) is 13.2 Å². The van der Waals surface area contributed by atoms with Gasteiger partial charge >= 0.3 is 12.3 Å². The van der Waals surface area contributed by atoms with Gasteiger partial charge in [-0.25, -0.2) is 9.59 Å². The first-order chi connectivity index (χ1) is 5.70. The van der Waals surface area contributed by atoms with E-state index in [2.05, 4.69) is 41.8 Å². The predicted molar refractivity (Wildman–Crippen MR) is 36.6 cm³/mol. The van der Waals surface area contributed by atoms with Gasteiger partial charge in [0.05, 0.1) is 0 Å². The second-order valence-electron chi connectivity index (χ2n) is 1.35. The SMILES string of the molecule is O=C(OCl)OCCOC(=O)OCl. The van der Waals surface area contributed by atoms with Crippen LogP contribution in [0.4, 0.5) is 9.59 Å². The maximum Gasteiger partial charge on any atom is 0.527 e. The molecule has 8 heteroatoms. The minimum Gasteiger partial charge on any atom is -0.430 e. The van der Waals surface area contributed by atoms with Crippen molar-refractivity contribution in [2.75, 3.05) is 13.2 Å². The lowest BCUT2D eigenvalue weighted by Crippen LogP contribution is -2.11. The molecule has 6 nitrogen and oxygen atoms in total. The van der Waals surface area contributed by atoms with Crippen molar-refractivity contribution in [3.05, 3.63) is 0 Å². The van der Waals surface area contributed by atoms with Crippen molar-refractivity contribution in [2.45, 2.75) is 0 Å². The van der Waals surface area contributed by atoms with Gasteiger partial charge < -0.3 is 18.1 Å². The van der Waals surface area contributed by atoms with E-state index in [4.69, 9.17) is 0 Å². The van der Waals surface area contributed by atoms with E-state index in [0.29, 0.717) is 0 Å². The highest BCUT2D eigenvalue weighted by atomic mass is 35.5. The highest BCUT2D eigenvalue weighted by Gasteiger charge is 2.04. The van der Waals surface area contributed by atoms with E-state index in [0.717, 1.165) is 0 Å².